The lowest BCUT2D eigenvalue weighted by atomic mass is 10.1. The first-order valence-electron chi connectivity index (χ1n) is 7.25. The molecular formula is C16H17N3O3. The zero-order valence-electron chi connectivity index (χ0n) is 12.1. The minimum atomic E-state index is -0.304. The largest absolute Gasteiger partial charge is 0.472 e. The highest BCUT2D eigenvalue weighted by Gasteiger charge is 2.29. The van der Waals surface area contributed by atoms with Crippen LogP contribution in [0.25, 0.3) is 0 Å². The molecule has 22 heavy (non-hydrogen) atoms. The Bertz CT molecular complexity index is 640. The van der Waals surface area contributed by atoms with Gasteiger partial charge in [-0.25, -0.2) is 0 Å². The Morgan fingerprint density at radius 1 is 1.32 bits per heavy atom. The first-order valence-corrected chi connectivity index (χ1v) is 7.25. The summed E-state index contributed by atoms with van der Waals surface area (Å²) in [6.45, 7) is 0.707. The summed E-state index contributed by atoms with van der Waals surface area (Å²) in [5.41, 5.74) is 1.50. The highest BCUT2D eigenvalue weighted by molar-refractivity contribution is 5.96. The van der Waals surface area contributed by atoms with Gasteiger partial charge in [0.15, 0.2) is 0 Å². The van der Waals surface area contributed by atoms with E-state index in [-0.39, 0.29) is 24.4 Å². The minimum Gasteiger partial charge on any atom is -0.472 e. The van der Waals surface area contributed by atoms with Crippen molar-refractivity contribution in [2.45, 2.75) is 18.9 Å². The van der Waals surface area contributed by atoms with Crippen LogP contribution in [0.1, 0.15) is 34.8 Å². The van der Waals surface area contributed by atoms with Crippen molar-refractivity contribution in [3.05, 3.63) is 54.2 Å². The average Bonchev–Trinajstić information content (AvgIpc) is 3.24. The van der Waals surface area contributed by atoms with Gasteiger partial charge in [-0.3, -0.25) is 14.6 Å². The highest BCUT2D eigenvalue weighted by Crippen LogP contribution is 2.31. The summed E-state index contributed by atoms with van der Waals surface area (Å²) >= 11 is 0. The van der Waals surface area contributed by atoms with Crippen LogP contribution in [-0.4, -0.2) is 34.8 Å². The third-order valence-corrected chi connectivity index (χ3v) is 3.85. The smallest absolute Gasteiger partial charge is 0.254 e. The van der Waals surface area contributed by atoms with Crippen LogP contribution >= 0.6 is 0 Å². The summed E-state index contributed by atoms with van der Waals surface area (Å²) in [4.78, 5) is 30.0. The maximum absolute atomic E-state index is 12.4. The summed E-state index contributed by atoms with van der Waals surface area (Å²) in [5.74, 6) is -0.377. The van der Waals surface area contributed by atoms with E-state index in [2.05, 4.69) is 10.3 Å². The van der Waals surface area contributed by atoms with Gasteiger partial charge < -0.3 is 14.6 Å². The molecule has 0 aromatic carbocycles. The second-order valence-electron chi connectivity index (χ2n) is 5.22. The summed E-state index contributed by atoms with van der Waals surface area (Å²) in [6.07, 6.45) is 8.15. The number of nitrogens with zero attached hydrogens (tertiary/aromatic N) is 2. The van der Waals surface area contributed by atoms with Crippen molar-refractivity contribution < 1.29 is 14.0 Å². The molecule has 0 saturated carbocycles. The van der Waals surface area contributed by atoms with Crippen LogP contribution in [0.4, 0.5) is 0 Å². The van der Waals surface area contributed by atoms with Crippen molar-refractivity contribution in [3.63, 3.8) is 0 Å². The van der Waals surface area contributed by atoms with E-state index in [9.17, 15) is 9.59 Å². The minimum absolute atomic E-state index is 0.00834. The summed E-state index contributed by atoms with van der Waals surface area (Å²) in [5, 5.41) is 2.63. The van der Waals surface area contributed by atoms with Crippen molar-refractivity contribution in [2.24, 2.45) is 0 Å². The lowest BCUT2D eigenvalue weighted by Gasteiger charge is -2.25. The van der Waals surface area contributed by atoms with Crippen molar-refractivity contribution in [1.29, 1.82) is 0 Å². The van der Waals surface area contributed by atoms with Crippen molar-refractivity contribution >= 4 is 11.8 Å². The van der Waals surface area contributed by atoms with E-state index in [0.29, 0.717) is 12.1 Å². The standard InChI is InChI=1S/C16H17N3O3/c20-15(10-18-16(21)13-5-9-22-11-13)19-8-1-2-14(19)12-3-6-17-7-4-12/h3-7,9,11,14H,1-2,8,10H2,(H,18,21)/t14-/m1/s1. The zero-order valence-corrected chi connectivity index (χ0v) is 12.1. The van der Waals surface area contributed by atoms with Crippen molar-refractivity contribution in [2.75, 3.05) is 13.1 Å². The fourth-order valence-corrected chi connectivity index (χ4v) is 2.75. The zero-order chi connectivity index (χ0) is 15.4. The van der Waals surface area contributed by atoms with E-state index in [1.165, 1.54) is 12.5 Å². The lowest BCUT2D eigenvalue weighted by Crippen LogP contribution is -2.39. The second kappa shape index (κ2) is 6.43. The van der Waals surface area contributed by atoms with Gasteiger partial charge in [0.05, 0.1) is 24.4 Å². The van der Waals surface area contributed by atoms with E-state index in [4.69, 9.17) is 4.42 Å². The van der Waals surface area contributed by atoms with Crippen LogP contribution in [0.15, 0.2) is 47.5 Å². The molecule has 6 nitrogen and oxygen atoms in total. The van der Waals surface area contributed by atoms with E-state index in [1.54, 1.807) is 18.5 Å². The fraction of sp³-hybridized carbons (Fsp3) is 0.312. The van der Waals surface area contributed by atoms with Gasteiger partial charge in [0, 0.05) is 18.9 Å². The Balaban J connectivity index is 1.61. The van der Waals surface area contributed by atoms with E-state index < -0.39 is 0 Å². The Hall–Kier alpha value is -2.63. The number of furan rings is 1. The topological polar surface area (TPSA) is 75.4 Å². The molecule has 114 valence electrons. The monoisotopic (exact) mass is 299 g/mol. The number of aromatic nitrogens is 1. The predicted molar refractivity (Wildman–Crippen MR) is 79.0 cm³/mol. The molecule has 0 radical (unpaired) electrons. The molecule has 2 aromatic heterocycles. The van der Waals surface area contributed by atoms with Gasteiger partial charge in [-0.2, -0.15) is 0 Å². The number of likely N-dealkylation sites (tertiary alicyclic amines) is 1. The Kier molecular flexibility index (Phi) is 4.18. The molecule has 1 N–H and O–H groups in total. The maximum atomic E-state index is 12.4. The molecule has 1 aliphatic rings. The molecule has 0 aliphatic carbocycles. The quantitative estimate of drug-likeness (QED) is 0.933. The SMILES string of the molecule is O=C(NCC(=O)N1CCC[C@@H]1c1ccncc1)c1ccoc1. The van der Waals surface area contributed by atoms with Crippen molar-refractivity contribution in [3.8, 4) is 0 Å². The lowest BCUT2D eigenvalue weighted by molar-refractivity contribution is -0.131. The van der Waals surface area contributed by atoms with Gasteiger partial charge in [0.2, 0.25) is 5.91 Å². The van der Waals surface area contributed by atoms with Crippen LogP contribution in [0.3, 0.4) is 0 Å². The molecular weight excluding hydrogens is 282 g/mol. The van der Waals surface area contributed by atoms with Crippen molar-refractivity contribution in [1.82, 2.24) is 15.2 Å². The average molecular weight is 299 g/mol. The number of nitrogens with one attached hydrogen (secondary N) is 1. The van der Waals surface area contributed by atoms with Gasteiger partial charge in [-0.15, -0.1) is 0 Å². The maximum Gasteiger partial charge on any atom is 0.254 e. The normalized spacial score (nSPS) is 17.5. The van der Waals surface area contributed by atoms with Crippen LogP contribution in [0.2, 0.25) is 0 Å². The highest BCUT2D eigenvalue weighted by atomic mass is 16.3. The first-order chi connectivity index (χ1) is 10.8. The van der Waals surface area contributed by atoms with E-state index in [1.807, 2.05) is 17.0 Å². The number of rotatable bonds is 4. The number of carbonyl (C=O) groups excluding carboxylic acids is 2. The number of hydrogen-bond donors (Lipinski definition) is 1. The molecule has 0 spiro atoms. The Labute approximate surface area is 128 Å². The van der Waals surface area contributed by atoms with Gasteiger partial charge in [0.1, 0.15) is 6.26 Å². The molecule has 0 unspecified atom stereocenters. The molecule has 2 aromatic rings. The van der Waals surface area contributed by atoms with E-state index in [0.717, 1.165) is 18.4 Å². The molecule has 1 aliphatic heterocycles. The van der Waals surface area contributed by atoms with Crippen LogP contribution < -0.4 is 5.32 Å². The molecule has 1 fully saturated rings. The van der Waals surface area contributed by atoms with Crippen LogP contribution in [0.5, 0.6) is 0 Å². The third kappa shape index (κ3) is 3.00. The van der Waals surface area contributed by atoms with Crippen LogP contribution in [-0.2, 0) is 4.79 Å². The van der Waals surface area contributed by atoms with Crippen LogP contribution in [0, 0.1) is 0 Å². The molecule has 6 heteroatoms. The number of pyridine rings is 1. The van der Waals surface area contributed by atoms with Gasteiger partial charge in [-0.05, 0) is 36.6 Å². The second-order valence-corrected chi connectivity index (χ2v) is 5.22. The van der Waals surface area contributed by atoms with E-state index >= 15 is 0 Å². The number of carbonyl (C=O) groups is 2. The van der Waals surface area contributed by atoms with Gasteiger partial charge >= 0.3 is 0 Å². The Morgan fingerprint density at radius 3 is 2.86 bits per heavy atom. The summed E-state index contributed by atoms with van der Waals surface area (Å²) < 4.78 is 4.86. The number of amides is 2. The molecule has 2 amide bonds. The summed E-state index contributed by atoms with van der Waals surface area (Å²) in [7, 11) is 0. The molecule has 3 rings (SSSR count). The Morgan fingerprint density at radius 2 is 2.14 bits per heavy atom. The first kappa shape index (κ1) is 14.3. The molecule has 1 saturated heterocycles. The fourth-order valence-electron chi connectivity index (χ4n) is 2.75. The molecule has 3 heterocycles. The van der Waals surface area contributed by atoms with Gasteiger partial charge in [-0.1, -0.05) is 0 Å². The van der Waals surface area contributed by atoms with Gasteiger partial charge in [0.25, 0.3) is 5.91 Å². The number of hydrogen-bond acceptors (Lipinski definition) is 4. The molecule has 0 bridgehead atoms. The predicted octanol–water partition coefficient (Wildman–Crippen LogP) is 1.77. The molecule has 1 atom stereocenters. The summed E-state index contributed by atoms with van der Waals surface area (Å²) in [6, 6.07) is 5.50. The third-order valence-electron chi connectivity index (χ3n) is 3.85.